The molecule has 0 amide bonds. The second-order valence-electron chi connectivity index (χ2n) is 7.30. The van der Waals surface area contributed by atoms with Crippen LogP contribution in [-0.2, 0) is 6.42 Å². The van der Waals surface area contributed by atoms with Crippen molar-refractivity contribution < 1.29 is 17.6 Å². The van der Waals surface area contributed by atoms with Gasteiger partial charge < -0.3 is 4.42 Å². The van der Waals surface area contributed by atoms with E-state index >= 15 is 0 Å². The maximum atomic E-state index is 12.5. The molecular formula is C23H20F3NO. The first-order valence-electron chi connectivity index (χ1n) is 9.18. The van der Waals surface area contributed by atoms with Crippen LogP contribution in [0.5, 0.6) is 0 Å². The number of alkyl halides is 3. The lowest BCUT2D eigenvalue weighted by atomic mass is 9.97. The molecule has 0 aliphatic rings. The molecule has 4 aromatic rings. The van der Waals surface area contributed by atoms with Gasteiger partial charge in [0.15, 0.2) is 0 Å². The number of nitrogens with zero attached hydrogens (tertiary/aromatic N) is 1. The van der Waals surface area contributed by atoms with E-state index in [1.807, 2.05) is 45.0 Å². The van der Waals surface area contributed by atoms with Gasteiger partial charge in [0.05, 0.1) is 5.69 Å². The van der Waals surface area contributed by atoms with Crippen LogP contribution in [0.4, 0.5) is 13.2 Å². The number of aryl methyl sites for hydroxylation is 4. The zero-order valence-corrected chi connectivity index (χ0v) is 15.9. The molecule has 0 spiro atoms. The van der Waals surface area contributed by atoms with Crippen molar-refractivity contribution in [3.05, 3.63) is 65.0 Å². The van der Waals surface area contributed by atoms with Crippen molar-refractivity contribution >= 4 is 21.7 Å². The molecule has 0 aliphatic heterocycles. The predicted molar refractivity (Wildman–Crippen MR) is 106 cm³/mol. The summed E-state index contributed by atoms with van der Waals surface area (Å²) in [6.45, 7) is 6.01. The summed E-state index contributed by atoms with van der Waals surface area (Å²) in [7, 11) is 0. The topological polar surface area (TPSA) is 26.0 Å². The fraction of sp³-hybridized carbons (Fsp3) is 0.261. The molecule has 28 heavy (non-hydrogen) atoms. The first kappa shape index (κ1) is 18.5. The van der Waals surface area contributed by atoms with Crippen LogP contribution >= 0.6 is 0 Å². The summed E-state index contributed by atoms with van der Waals surface area (Å²) in [5.41, 5.74) is 5.35. The van der Waals surface area contributed by atoms with Crippen molar-refractivity contribution in [1.82, 2.24) is 4.98 Å². The second-order valence-corrected chi connectivity index (χ2v) is 7.30. The monoisotopic (exact) mass is 383 g/mol. The third-order valence-corrected chi connectivity index (χ3v) is 5.20. The van der Waals surface area contributed by atoms with Crippen LogP contribution in [0.2, 0.25) is 0 Å². The fourth-order valence-electron chi connectivity index (χ4n) is 3.64. The lowest BCUT2D eigenvalue weighted by molar-refractivity contribution is -0.133. The predicted octanol–water partition coefficient (Wildman–Crippen LogP) is 7.07. The van der Waals surface area contributed by atoms with Crippen molar-refractivity contribution in [2.75, 3.05) is 0 Å². The summed E-state index contributed by atoms with van der Waals surface area (Å²) in [6, 6.07) is 11.4. The normalized spacial score (nSPS) is 12.2. The molecule has 4 rings (SSSR count). The van der Waals surface area contributed by atoms with Crippen LogP contribution in [0.1, 0.15) is 28.9 Å². The van der Waals surface area contributed by atoms with Gasteiger partial charge in [0.2, 0.25) is 0 Å². The Morgan fingerprint density at radius 2 is 1.75 bits per heavy atom. The highest BCUT2D eigenvalue weighted by Gasteiger charge is 2.26. The van der Waals surface area contributed by atoms with Crippen molar-refractivity contribution in [3.63, 3.8) is 0 Å². The lowest BCUT2D eigenvalue weighted by Crippen LogP contribution is -2.08. The maximum absolute atomic E-state index is 12.5. The molecule has 0 saturated carbocycles. The Kier molecular flexibility index (Phi) is 4.41. The van der Waals surface area contributed by atoms with E-state index in [1.54, 1.807) is 12.3 Å². The van der Waals surface area contributed by atoms with Gasteiger partial charge in [-0.3, -0.25) is 4.98 Å². The smallest absolute Gasteiger partial charge is 0.389 e. The Balaban J connectivity index is 1.86. The number of pyridine rings is 1. The number of rotatable bonds is 3. The van der Waals surface area contributed by atoms with Gasteiger partial charge in [-0.1, -0.05) is 18.2 Å². The first-order chi connectivity index (χ1) is 13.2. The van der Waals surface area contributed by atoms with E-state index in [9.17, 15) is 13.2 Å². The van der Waals surface area contributed by atoms with Crippen molar-refractivity contribution in [2.45, 2.75) is 39.8 Å². The van der Waals surface area contributed by atoms with Gasteiger partial charge in [0, 0.05) is 29.0 Å². The van der Waals surface area contributed by atoms with Gasteiger partial charge in [0.25, 0.3) is 0 Å². The number of fused-ring (bicyclic) bond motifs is 2. The van der Waals surface area contributed by atoms with Gasteiger partial charge in [-0.2, -0.15) is 13.2 Å². The van der Waals surface area contributed by atoms with Gasteiger partial charge in [-0.05, 0) is 67.5 Å². The number of furan rings is 1. The van der Waals surface area contributed by atoms with Gasteiger partial charge in [-0.25, -0.2) is 0 Å². The average molecular weight is 383 g/mol. The molecular weight excluding hydrogens is 363 g/mol. The Bertz CT molecular complexity index is 1190. The highest BCUT2D eigenvalue weighted by molar-refractivity contribution is 6.03. The molecule has 0 radical (unpaired) electrons. The molecule has 0 N–H and O–H groups in total. The number of halogens is 3. The largest absolute Gasteiger partial charge is 0.460 e. The molecule has 0 atom stereocenters. The Morgan fingerprint density at radius 3 is 2.50 bits per heavy atom. The SMILES string of the molecule is Cc1cc(-c2nccc3cc(CCC(F)(F)F)ccc23)c2oc(C)c(C)c2c1. The van der Waals surface area contributed by atoms with E-state index in [0.717, 1.165) is 49.9 Å². The quantitative estimate of drug-likeness (QED) is 0.378. The van der Waals surface area contributed by atoms with E-state index in [-0.39, 0.29) is 6.42 Å². The standard InChI is InChI=1S/C23H20F3NO/c1-13-10-19-14(2)15(3)28-22(19)20(11-13)21-18-5-4-16(6-8-23(24,25)26)12-17(18)7-9-27-21/h4-5,7,9-12H,6,8H2,1-3H3. The molecule has 2 nitrogen and oxygen atoms in total. The van der Waals surface area contributed by atoms with Gasteiger partial charge in [-0.15, -0.1) is 0 Å². The Morgan fingerprint density at radius 1 is 0.964 bits per heavy atom. The molecule has 0 fully saturated rings. The minimum atomic E-state index is -4.15. The van der Waals surface area contributed by atoms with Crippen molar-refractivity contribution in [1.29, 1.82) is 0 Å². The van der Waals surface area contributed by atoms with Crippen LogP contribution in [0.3, 0.4) is 0 Å². The summed E-state index contributed by atoms with van der Waals surface area (Å²) in [5.74, 6) is 0.872. The summed E-state index contributed by atoms with van der Waals surface area (Å²) < 4.78 is 43.6. The number of hydrogen-bond acceptors (Lipinski definition) is 2. The highest BCUT2D eigenvalue weighted by Crippen LogP contribution is 2.37. The van der Waals surface area contributed by atoms with Gasteiger partial charge in [0.1, 0.15) is 11.3 Å². The van der Waals surface area contributed by atoms with Crippen LogP contribution in [0.15, 0.2) is 47.0 Å². The summed E-state index contributed by atoms with van der Waals surface area (Å²) in [5, 5.41) is 2.84. The highest BCUT2D eigenvalue weighted by atomic mass is 19.4. The minimum Gasteiger partial charge on any atom is -0.460 e. The van der Waals surface area contributed by atoms with Crippen LogP contribution in [-0.4, -0.2) is 11.2 Å². The molecule has 0 saturated heterocycles. The molecule has 2 heterocycles. The Hall–Kier alpha value is -2.82. The van der Waals surface area contributed by atoms with E-state index < -0.39 is 12.6 Å². The summed E-state index contributed by atoms with van der Waals surface area (Å²) >= 11 is 0. The summed E-state index contributed by atoms with van der Waals surface area (Å²) in [6.07, 6.45) is -3.30. The minimum absolute atomic E-state index is 0.0254. The lowest BCUT2D eigenvalue weighted by Gasteiger charge is -2.10. The maximum Gasteiger partial charge on any atom is 0.389 e. The van der Waals surface area contributed by atoms with E-state index in [2.05, 4.69) is 11.1 Å². The molecule has 0 bridgehead atoms. The zero-order chi connectivity index (χ0) is 20.1. The number of benzene rings is 2. The van der Waals surface area contributed by atoms with E-state index in [4.69, 9.17) is 4.42 Å². The third kappa shape index (κ3) is 3.37. The summed E-state index contributed by atoms with van der Waals surface area (Å²) in [4.78, 5) is 4.58. The average Bonchev–Trinajstić information content (AvgIpc) is 2.92. The second kappa shape index (κ2) is 6.66. The number of hydrogen-bond donors (Lipinski definition) is 0. The van der Waals surface area contributed by atoms with Crippen molar-refractivity contribution in [2.24, 2.45) is 0 Å². The first-order valence-corrected chi connectivity index (χ1v) is 9.18. The molecule has 144 valence electrons. The Labute approximate surface area is 161 Å². The van der Waals surface area contributed by atoms with E-state index in [1.165, 1.54) is 0 Å². The van der Waals surface area contributed by atoms with Crippen LogP contribution in [0.25, 0.3) is 33.0 Å². The number of aromatic nitrogens is 1. The van der Waals surface area contributed by atoms with E-state index in [0.29, 0.717) is 5.56 Å². The molecule has 0 aliphatic carbocycles. The molecule has 0 unspecified atom stereocenters. The zero-order valence-electron chi connectivity index (χ0n) is 15.9. The van der Waals surface area contributed by atoms with Crippen LogP contribution in [0, 0.1) is 20.8 Å². The van der Waals surface area contributed by atoms with Gasteiger partial charge >= 0.3 is 6.18 Å². The van der Waals surface area contributed by atoms with Crippen LogP contribution < -0.4 is 0 Å². The molecule has 2 aromatic heterocycles. The fourth-order valence-corrected chi connectivity index (χ4v) is 3.64. The van der Waals surface area contributed by atoms with Crippen molar-refractivity contribution in [3.8, 4) is 11.3 Å². The third-order valence-electron chi connectivity index (χ3n) is 5.20. The molecule has 5 heteroatoms. The molecule has 2 aromatic carbocycles.